The summed E-state index contributed by atoms with van der Waals surface area (Å²) in [5.41, 5.74) is 7.60. The van der Waals surface area contributed by atoms with Crippen molar-refractivity contribution in [2.24, 2.45) is 5.73 Å². The monoisotopic (exact) mass is 284 g/mol. The average molecular weight is 285 g/mol. The molecule has 0 saturated carbocycles. The van der Waals surface area contributed by atoms with Crippen LogP contribution in [0.5, 0.6) is 0 Å². The van der Waals surface area contributed by atoms with E-state index in [2.05, 4.69) is 21.2 Å². The van der Waals surface area contributed by atoms with E-state index in [1.165, 1.54) is 0 Å². The highest BCUT2D eigenvalue weighted by Gasteiger charge is 2.12. The predicted molar refractivity (Wildman–Crippen MR) is 70.4 cm³/mol. The molecule has 0 saturated heterocycles. The first kappa shape index (κ1) is 13.2. The quantitative estimate of drug-likeness (QED) is 0.893. The Morgan fingerprint density at radius 2 is 2.19 bits per heavy atom. The van der Waals surface area contributed by atoms with Gasteiger partial charge in [-0.1, -0.05) is 29.3 Å². The van der Waals surface area contributed by atoms with Gasteiger partial charge in [-0.05, 0) is 37.1 Å². The Morgan fingerprint density at radius 3 is 2.75 bits per heavy atom. The van der Waals surface area contributed by atoms with E-state index >= 15 is 0 Å². The number of aryl methyl sites for hydroxylation is 1. The molecular formula is C12H17BrN2O. The number of benzene rings is 1. The molecular weight excluding hydrogens is 268 g/mol. The van der Waals surface area contributed by atoms with Crippen LogP contribution in [-0.4, -0.2) is 11.9 Å². The van der Waals surface area contributed by atoms with E-state index in [0.717, 1.165) is 22.1 Å². The molecule has 0 heterocycles. The van der Waals surface area contributed by atoms with Crippen molar-refractivity contribution < 1.29 is 4.79 Å². The smallest absolute Gasteiger partial charge is 0.241 e. The van der Waals surface area contributed by atoms with Gasteiger partial charge in [-0.25, -0.2) is 0 Å². The molecule has 0 aliphatic rings. The van der Waals surface area contributed by atoms with Crippen molar-refractivity contribution in [3.8, 4) is 0 Å². The van der Waals surface area contributed by atoms with Gasteiger partial charge in [0.2, 0.25) is 5.91 Å². The lowest BCUT2D eigenvalue weighted by Gasteiger charge is -2.11. The normalized spacial score (nSPS) is 12.2. The second kappa shape index (κ2) is 6.01. The van der Waals surface area contributed by atoms with Crippen LogP contribution in [0, 0.1) is 6.92 Å². The third-order valence-electron chi connectivity index (χ3n) is 2.25. The second-order valence-electron chi connectivity index (χ2n) is 3.90. The Kier molecular flexibility index (Phi) is 4.96. The van der Waals surface area contributed by atoms with Gasteiger partial charge in [0.15, 0.2) is 0 Å². The fraction of sp³-hybridized carbons (Fsp3) is 0.417. The van der Waals surface area contributed by atoms with Crippen molar-refractivity contribution >= 4 is 27.5 Å². The average Bonchev–Trinajstić information content (AvgIpc) is 2.16. The van der Waals surface area contributed by atoms with Crippen LogP contribution in [0.1, 0.15) is 25.3 Å². The summed E-state index contributed by atoms with van der Waals surface area (Å²) in [4.78, 5) is 11.7. The minimum absolute atomic E-state index is 0.126. The third-order valence-corrected chi connectivity index (χ3v) is 2.70. The topological polar surface area (TPSA) is 55.1 Å². The van der Waals surface area contributed by atoms with Crippen LogP contribution in [0.15, 0.2) is 22.7 Å². The van der Waals surface area contributed by atoms with Gasteiger partial charge in [0.05, 0.1) is 6.04 Å². The minimum atomic E-state index is -0.427. The van der Waals surface area contributed by atoms with Gasteiger partial charge in [-0.2, -0.15) is 0 Å². The summed E-state index contributed by atoms with van der Waals surface area (Å²) < 4.78 is 0.951. The molecule has 4 heteroatoms. The molecule has 1 atom stereocenters. The van der Waals surface area contributed by atoms with Crippen LogP contribution in [0.4, 0.5) is 5.69 Å². The number of rotatable bonds is 4. The highest BCUT2D eigenvalue weighted by molar-refractivity contribution is 9.10. The van der Waals surface area contributed by atoms with E-state index in [1.807, 2.05) is 32.0 Å². The van der Waals surface area contributed by atoms with Crippen LogP contribution < -0.4 is 11.1 Å². The molecule has 1 amide bonds. The zero-order valence-corrected chi connectivity index (χ0v) is 11.2. The summed E-state index contributed by atoms with van der Waals surface area (Å²) in [5.74, 6) is -0.126. The third kappa shape index (κ3) is 3.94. The minimum Gasteiger partial charge on any atom is -0.325 e. The standard InChI is InChI=1S/C12H17BrN2O/c1-3-4-11(14)12(16)15-10-6-8(2)5-9(13)7-10/h5-7,11H,3-4,14H2,1-2H3,(H,15,16)/t11-/m1/s1. The van der Waals surface area contributed by atoms with Gasteiger partial charge in [-0.15, -0.1) is 0 Å². The Balaban J connectivity index is 2.69. The Bertz CT molecular complexity index is 359. The molecule has 1 rings (SSSR count). The number of hydrogen-bond acceptors (Lipinski definition) is 2. The number of halogens is 1. The largest absolute Gasteiger partial charge is 0.325 e. The first-order valence-corrected chi connectivity index (χ1v) is 6.16. The number of carbonyl (C=O) groups excluding carboxylic acids is 1. The summed E-state index contributed by atoms with van der Waals surface area (Å²) in [5, 5.41) is 2.81. The molecule has 0 bridgehead atoms. The van der Waals surface area contributed by atoms with E-state index in [4.69, 9.17) is 5.73 Å². The van der Waals surface area contributed by atoms with Crippen LogP contribution in [0.3, 0.4) is 0 Å². The highest BCUT2D eigenvalue weighted by Crippen LogP contribution is 2.19. The van der Waals surface area contributed by atoms with Crippen LogP contribution in [0.2, 0.25) is 0 Å². The number of nitrogens with two attached hydrogens (primary N) is 1. The molecule has 1 aromatic carbocycles. The molecule has 3 N–H and O–H groups in total. The Morgan fingerprint density at radius 1 is 1.50 bits per heavy atom. The second-order valence-corrected chi connectivity index (χ2v) is 4.82. The van der Waals surface area contributed by atoms with Crippen molar-refractivity contribution in [3.63, 3.8) is 0 Å². The van der Waals surface area contributed by atoms with Crippen LogP contribution in [0.25, 0.3) is 0 Å². The number of carbonyl (C=O) groups is 1. The van der Waals surface area contributed by atoms with Gasteiger partial charge in [0.1, 0.15) is 0 Å². The summed E-state index contributed by atoms with van der Waals surface area (Å²) in [6, 6.07) is 5.34. The van der Waals surface area contributed by atoms with E-state index < -0.39 is 6.04 Å². The summed E-state index contributed by atoms with van der Waals surface area (Å²) in [7, 11) is 0. The zero-order chi connectivity index (χ0) is 12.1. The first-order valence-electron chi connectivity index (χ1n) is 5.36. The maximum absolute atomic E-state index is 11.7. The van der Waals surface area contributed by atoms with Gasteiger partial charge >= 0.3 is 0 Å². The maximum atomic E-state index is 11.7. The van der Waals surface area contributed by atoms with Gasteiger partial charge in [0.25, 0.3) is 0 Å². The molecule has 88 valence electrons. The molecule has 0 spiro atoms. The lowest BCUT2D eigenvalue weighted by atomic mass is 10.1. The molecule has 1 aromatic rings. The molecule has 16 heavy (non-hydrogen) atoms. The summed E-state index contributed by atoms with van der Waals surface area (Å²) in [6.07, 6.45) is 1.62. The molecule has 0 fully saturated rings. The molecule has 0 aliphatic heterocycles. The summed E-state index contributed by atoms with van der Waals surface area (Å²) in [6.45, 7) is 3.99. The van der Waals surface area contributed by atoms with Gasteiger partial charge in [-0.3, -0.25) is 4.79 Å². The van der Waals surface area contributed by atoms with Gasteiger partial charge in [0, 0.05) is 10.2 Å². The van der Waals surface area contributed by atoms with E-state index in [0.29, 0.717) is 6.42 Å². The van der Waals surface area contributed by atoms with Crippen molar-refractivity contribution in [2.45, 2.75) is 32.7 Å². The highest BCUT2D eigenvalue weighted by atomic mass is 79.9. The molecule has 0 radical (unpaired) electrons. The van der Waals surface area contributed by atoms with Crippen molar-refractivity contribution in [1.82, 2.24) is 0 Å². The molecule has 0 aromatic heterocycles. The van der Waals surface area contributed by atoms with Crippen LogP contribution in [-0.2, 0) is 4.79 Å². The lowest BCUT2D eigenvalue weighted by molar-refractivity contribution is -0.117. The molecule has 3 nitrogen and oxygen atoms in total. The zero-order valence-electron chi connectivity index (χ0n) is 9.59. The number of hydrogen-bond donors (Lipinski definition) is 2. The maximum Gasteiger partial charge on any atom is 0.241 e. The number of amides is 1. The van der Waals surface area contributed by atoms with Crippen molar-refractivity contribution in [3.05, 3.63) is 28.2 Å². The van der Waals surface area contributed by atoms with Gasteiger partial charge < -0.3 is 11.1 Å². The lowest BCUT2D eigenvalue weighted by Crippen LogP contribution is -2.35. The first-order chi connectivity index (χ1) is 7.52. The van der Waals surface area contributed by atoms with E-state index in [1.54, 1.807) is 0 Å². The fourth-order valence-corrected chi connectivity index (χ4v) is 2.09. The SMILES string of the molecule is CCC[C@@H](N)C(=O)Nc1cc(C)cc(Br)c1. The van der Waals surface area contributed by atoms with E-state index in [9.17, 15) is 4.79 Å². The molecule has 0 aliphatic carbocycles. The van der Waals surface area contributed by atoms with Crippen molar-refractivity contribution in [1.29, 1.82) is 0 Å². The Hall–Kier alpha value is -0.870. The number of nitrogens with one attached hydrogen (secondary N) is 1. The predicted octanol–water partition coefficient (Wildman–Crippen LogP) is 2.82. The van der Waals surface area contributed by atoms with Crippen LogP contribution >= 0.6 is 15.9 Å². The van der Waals surface area contributed by atoms with E-state index in [-0.39, 0.29) is 5.91 Å². The fourth-order valence-electron chi connectivity index (χ4n) is 1.49. The Labute approximate surface area is 105 Å². The summed E-state index contributed by atoms with van der Waals surface area (Å²) >= 11 is 3.39. The molecule has 0 unspecified atom stereocenters. The number of anilines is 1. The van der Waals surface area contributed by atoms with Crippen molar-refractivity contribution in [2.75, 3.05) is 5.32 Å².